The predicted octanol–water partition coefficient (Wildman–Crippen LogP) is 2.98. The Bertz CT molecular complexity index is 326. The molecule has 0 aromatic carbocycles. The van der Waals surface area contributed by atoms with Gasteiger partial charge in [-0.3, -0.25) is 0 Å². The molecular weight excluding hydrogens is 276 g/mol. The van der Waals surface area contributed by atoms with Gasteiger partial charge in [0.25, 0.3) is 0 Å². The van der Waals surface area contributed by atoms with Crippen LogP contribution in [-0.4, -0.2) is 23.4 Å². The fourth-order valence-corrected chi connectivity index (χ4v) is 3.42. The fourth-order valence-electron chi connectivity index (χ4n) is 1.91. The van der Waals surface area contributed by atoms with Crippen LogP contribution in [0.2, 0.25) is 0 Å². The minimum Gasteiger partial charge on any atom is -0.390 e. The summed E-state index contributed by atoms with van der Waals surface area (Å²) in [6, 6.07) is 2.06. The van der Waals surface area contributed by atoms with Crippen molar-refractivity contribution in [3.05, 3.63) is 20.8 Å². The van der Waals surface area contributed by atoms with Gasteiger partial charge >= 0.3 is 0 Å². The Labute approximate surface area is 102 Å². The van der Waals surface area contributed by atoms with E-state index >= 15 is 0 Å². The molecule has 2 heterocycles. The molecule has 0 spiro atoms. The lowest BCUT2D eigenvalue weighted by molar-refractivity contribution is -0.0275. The maximum absolute atomic E-state index is 10.00. The molecule has 0 saturated carbocycles. The second kappa shape index (κ2) is 4.95. The summed E-state index contributed by atoms with van der Waals surface area (Å²) in [5, 5.41) is 12.0. The van der Waals surface area contributed by atoms with Gasteiger partial charge in [0.05, 0.1) is 18.3 Å². The van der Waals surface area contributed by atoms with Crippen LogP contribution in [0.15, 0.2) is 15.9 Å². The van der Waals surface area contributed by atoms with Crippen molar-refractivity contribution in [2.24, 2.45) is 0 Å². The van der Waals surface area contributed by atoms with Crippen LogP contribution in [0, 0.1) is 0 Å². The number of aliphatic hydroxyl groups is 1. The topological polar surface area (TPSA) is 29.5 Å². The van der Waals surface area contributed by atoms with Crippen molar-refractivity contribution in [1.82, 2.24) is 0 Å². The van der Waals surface area contributed by atoms with E-state index in [0.717, 1.165) is 17.3 Å². The van der Waals surface area contributed by atoms with Gasteiger partial charge in [-0.2, -0.15) is 0 Å². The van der Waals surface area contributed by atoms with E-state index in [1.165, 1.54) is 4.88 Å². The van der Waals surface area contributed by atoms with Gasteiger partial charge < -0.3 is 9.84 Å². The summed E-state index contributed by atoms with van der Waals surface area (Å²) in [4.78, 5) is 1.21. The number of hydrogen-bond acceptors (Lipinski definition) is 3. The quantitative estimate of drug-likeness (QED) is 0.927. The van der Waals surface area contributed by atoms with Crippen molar-refractivity contribution >= 4 is 27.3 Å². The highest BCUT2D eigenvalue weighted by molar-refractivity contribution is 9.10. The zero-order valence-corrected chi connectivity index (χ0v) is 11.1. The molecule has 1 N–H and O–H groups in total. The molecule has 84 valence electrons. The molecule has 0 aliphatic carbocycles. The third-order valence-electron chi connectivity index (χ3n) is 2.73. The smallest absolute Gasteiger partial charge is 0.0850 e. The normalized spacial score (nSPS) is 28.2. The van der Waals surface area contributed by atoms with Gasteiger partial charge in [0.15, 0.2) is 0 Å². The summed E-state index contributed by atoms with van der Waals surface area (Å²) in [7, 11) is 0. The first-order valence-corrected chi connectivity index (χ1v) is 6.89. The first-order chi connectivity index (χ1) is 7.15. The maximum Gasteiger partial charge on any atom is 0.0850 e. The Hall–Kier alpha value is 0.1000. The van der Waals surface area contributed by atoms with Crippen molar-refractivity contribution in [2.45, 2.75) is 44.5 Å². The number of rotatable bonds is 3. The van der Waals surface area contributed by atoms with E-state index in [4.69, 9.17) is 4.74 Å². The Morgan fingerprint density at radius 3 is 3.00 bits per heavy atom. The van der Waals surface area contributed by atoms with E-state index in [1.54, 1.807) is 11.3 Å². The van der Waals surface area contributed by atoms with Crippen LogP contribution in [0.25, 0.3) is 0 Å². The molecule has 3 unspecified atom stereocenters. The summed E-state index contributed by atoms with van der Waals surface area (Å²) >= 11 is 5.09. The highest BCUT2D eigenvalue weighted by Gasteiger charge is 2.28. The number of aliphatic hydroxyl groups excluding tert-OH is 1. The summed E-state index contributed by atoms with van der Waals surface area (Å²) < 4.78 is 6.74. The number of hydrogen-bond donors (Lipinski definition) is 1. The lowest BCUT2D eigenvalue weighted by Gasteiger charge is -2.17. The summed E-state index contributed by atoms with van der Waals surface area (Å²) in [6.45, 7) is 2.06. The fraction of sp³-hybridized carbons (Fsp3) is 0.636. The second-order valence-corrected chi connectivity index (χ2v) is 5.98. The molecule has 0 bridgehead atoms. The number of halogens is 1. The van der Waals surface area contributed by atoms with Crippen molar-refractivity contribution in [3.8, 4) is 0 Å². The zero-order valence-electron chi connectivity index (χ0n) is 8.65. The molecule has 1 saturated heterocycles. The van der Waals surface area contributed by atoms with Crippen LogP contribution >= 0.6 is 27.3 Å². The van der Waals surface area contributed by atoms with Crippen molar-refractivity contribution in [2.75, 3.05) is 0 Å². The molecule has 0 radical (unpaired) electrons. The van der Waals surface area contributed by atoms with Gasteiger partial charge in [-0.25, -0.2) is 0 Å². The van der Waals surface area contributed by atoms with Gasteiger partial charge in [0, 0.05) is 21.2 Å². The monoisotopic (exact) mass is 290 g/mol. The molecule has 4 heteroatoms. The third-order valence-corrected chi connectivity index (χ3v) is 4.45. The summed E-state index contributed by atoms with van der Waals surface area (Å²) in [5.41, 5.74) is 0. The standard InChI is InChI=1S/C11H15BrO2S/c1-7-2-3-11(14-7)10(13)5-9-4-8(12)6-15-9/h4,6-7,10-11,13H,2-3,5H2,1H3. The van der Waals surface area contributed by atoms with Crippen LogP contribution in [0.5, 0.6) is 0 Å². The average Bonchev–Trinajstić information content (AvgIpc) is 2.75. The van der Waals surface area contributed by atoms with E-state index in [1.807, 2.05) is 5.38 Å². The first kappa shape index (κ1) is 11.6. The van der Waals surface area contributed by atoms with Gasteiger partial charge in [0.1, 0.15) is 0 Å². The lowest BCUT2D eigenvalue weighted by Crippen LogP contribution is -2.27. The molecular formula is C11H15BrO2S. The number of thiophene rings is 1. The molecule has 2 nitrogen and oxygen atoms in total. The van der Waals surface area contributed by atoms with E-state index in [2.05, 4.69) is 28.9 Å². The minimum atomic E-state index is -0.361. The lowest BCUT2D eigenvalue weighted by atomic mass is 10.1. The van der Waals surface area contributed by atoms with Gasteiger partial charge in [-0.1, -0.05) is 0 Å². The molecule has 1 aliphatic rings. The Morgan fingerprint density at radius 2 is 2.47 bits per heavy atom. The van der Waals surface area contributed by atoms with Crippen molar-refractivity contribution < 1.29 is 9.84 Å². The van der Waals surface area contributed by atoms with Crippen LogP contribution in [0.3, 0.4) is 0 Å². The highest BCUT2D eigenvalue weighted by Crippen LogP contribution is 2.26. The maximum atomic E-state index is 10.00. The Morgan fingerprint density at radius 1 is 1.67 bits per heavy atom. The van der Waals surface area contributed by atoms with E-state index < -0.39 is 0 Å². The van der Waals surface area contributed by atoms with Gasteiger partial charge in [-0.15, -0.1) is 11.3 Å². The summed E-state index contributed by atoms with van der Waals surface area (Å²) in [6.07, 6.45) is 2.72. The van der Waals surface area contributed by atoms with Crippen molar-refractivity contribution in [3.63, 3.8) is 0 Å². The molecule has 0 amide bonds. The van der Waals surface area contributed by atoms with Gasteiger partial charge in [0.2, 0.25) is 0 Å². The second-order valence-electron chi connectivity index (χ2n) is 4.07. The highest BCUT2D eigenvalue weighted by atomic mass is 79.9. The van der Waals surface area contributed by atoms with Crippen LogP contribution < -0.4 is 0 Å². The molecule has 2 rings (SSSR count). The van der Waals surface area contributed by atoms with E-state index in [-0.39, 0.29) is 12.2 Å². The Balaban J connectivity index is 1.89. The molecule has 15 heavy (non-hydrogen) atoms. The third kappa shape index (κ3) is 3.03. The zero-order chi connectivity index (χ0) is 10.8. The molecule has 3 atom stereocenters. The van der Waals surface area contributed by atoms with Gasteiger partial charge in [-0.05, 0) is 41.8 Å². The average molecular weight is 291 g/mol. The van der Waals surface area contributed by atoms with Crippen LogP contribution in [0.1, 0.15) is 24.6 Å². The first-order valence-electron chi connectivity index (χ1n) is 5.21. The molecule has 1 aliphatic heterocycles. The van der Waals surface area contributed by atoms with Crippen molar-refractivity contribution in [1.29, 1.82) is 0 Å². The predicted molar refractivity (Wildman–Crippen MR) is 65.3 cm³/mol. The molecule has 1 aromatic rings. The number of ether oxygens (including phenoxy) is 1. The SMILES string of the molecule is CC1CCC(C(O)Cc2cc(Br)cs2)O1. The van der Waals surface area contributed by atoms with Crippen LogP contribution in [0.4, 0.5) is 0 Å². The van der Waals surface area contributed by atoms with Crippen LogP contribution in [-0.2, 0) is 11.2 Å². The molecule has 1 fully saturated rings. The minimum absolute atomic E-state index is 0.0286. The Kier molecular flexibility index (Phi) is 3.83. The van der Waals surface area contributed by atoms with E-state index in [9.17, 15) is 5.11 Å². The van der Waals surface area contributed by atoms with E-state index in [0.29, 0.717) is 12.5 Å². The largest absolute Gasteiger partial charge is 0.390 e. The summed E-state index contributed by atoms with van der Waals surface area (Å²) in [5.74, 6) is 0. The molecule has 1 aromatic heterocycles.